The van der Waals surface area contributed by atoms with Crippen molar-refractivity contribution < 1.29 is 23.8 Å². The highest BCUT2D eigenvalue weighted by molar-refractivity contribution is 5.94. The zero-order chi connectivity index (χ0) is 20.0. The number of hydrogen-bond donors (Lipinski definition) is 1. The fraction of sp³-hybridized carbons (Fsp3) is 0.750. The molecule has 1 amide bonds. The first-order chi connectivity index (χ1) is 13.6. The summed E-state index contributed by atoms with van der Waals surface area (Å²) in [6.45, 7) is 5.52. The SMILES string of the molecule is CCn1nc(CCCOC(=O)CCOC)c2c1C(=O)NCC1(CCOCC1)C2. The molecule has 3 heterocycles. The Morgan fingerprint density at radius 3 is 2.82 bits per heavy atom. The first-order valence-corrected chi connectivity index (χ1v) is 10.2. The van der Waals surface area contributed by atoms with Crippen molar-refractivity contribution >= 4 is 11.9 Å². The molecule has 156 valence electrons. The Morgan fingerprint density at radius 2 is 2.11 bits per heavy atom. The van der Waals surface area contributed by atoms with Crippen LogP contribution in [0.3, 0.4) is 0 Å². The molecule has 2 aliphatic heterocycles. The minimum atomic E-state index is -0.250. The average Bonchev–Trinajstić information content (AvgIpc) is 2.98. The van der Waals surface area contributed by atoms with Crippen LogP contribution in [0.4, 0.5) is 0 Å². The lowest BCUT2D eigenvalue weighted by Gasteiger charge is -2.36. The number of methoxy groups -OCH3 is 1. The van der Waals surface area contributed by atoms with Gasteiger partial charge in [0.05, 0.1) is 25.3 Å². The standard InChI is InChI=1S/C20H31N3O5/c1-3-23-18-15(13-20(14-21-19(18)25)7-11-27-12-8-20)16(22-23)5-4-9-28-17(24)6-10-26-2/h3-14H2,1-2H3,(H,21,25). The van der Waals surface area contributed by atoms with E-state index in [1.54, 1.807) is 7.11 Å². The Labute approximate surface area is 165 Å². The van der Waals surface area contributed by atoms with Crippen LogP contribution in [0.1, 0.15) is 54.4 Å². The van der Waals surface area contributed by atoms with E-state index >= 15 is 0 Å². The van der Waals surface area contributed by atoms with E-state index in [2.05, 4.69) is 5.32 Å². The molecular formula is C20H31N3O5. The second kappa shape index (κ2) is 9.52. The summed E-state index contributed by atoms with van der Waals surface area (Å²) in [5.41, 5.74) is 2.75. The largest absolute Gasteiger partial charge is 0.466 e. The predicted octanol–water partition coefficient (Wildman–Crippen LogP) is 1.50. The second-order valence-corrected chi connectivity index (χ2v) is 7.63. The molecule has 0 unspecified atom stereocenters. The van der Waals surface area contributed by atoms with Gasteiger partial charge < -0.3 is 19.5 Å². The van der Waals surface area contributed by atoms with Crippen molar-refractivity contribution in [1.82, 2.24) is 15.1 Å². The lowest BCUT2D eigenvalue weighted by Crippen LogP contribution is -2.40. The van der Waals surface area contributed by atoms with Gasteiger partial charge in [0, 0.05) is 39.0 Å². The number of nitrogens with zero attached hydrogens (tertiary/aromatic N) is 2. The normalized spacial score (nSPS) is 18.4. The first kappa shape index (κ1) is 20.8. The smallest absolute Gasteiger partial charge is 0.308 e. The molecule has 8 nitrogen and oxygen atoms in total. The Hall–Kier alpha value is -1.93. The highest BCUT2D eigenvalue weighted by Crippen LogP contribution is 2.37. The summed E-state index contributed by atoms with van der Waals surface area (Å²) in [6, 6.07) is 0. The number of rotatable bonds is 8. The summed E-state index contributed by atoms with van der Waals surface area (Å²) in [4.78, 5) is 24.4. The second-order valence-electron chi connectivity index (χ2n) is 7.63. The molecule has 1 aromatic rings. The number of fused-ring (bicyclic) bond motifs is 1. The van der Waals surface area contributed by atoms with Gasteiger partial charge in [-0.3, -0.25) is 14.3 Å². The number of aromatic nitrogens is 2. The number of esters is 1. The molecule has 1 aromatic heterocycles. The summed E-state index contributed by atoms with van der Waals surface area (Å²) >= 11 is 0. The number of carbonyl (C=O) groups excluding carboxylic acids is 2. The molecule has 0 atom stereocenters. The fourth-order valence-corrected chi connectivity index (χ4v) is 4.05. The number of hydrogen-bond acceptors (Lipinski definition) is 6. The Morgan fingerprint density at radius 1 is 1.32 bits per heavy atom. The zero-order valence-electron chi connectivity index (χ0n) is 16.9. The highest BCUT2D eigenvalue weighted by Gasteiger charge is 2.39. The third-order valence-corrected chi connectivity index (χ3v) is 5.71. The van der Waals surface area contributed by atoms with Crippen LogP contribution in [-0.4, -0.2) is 61.7 Å². The summed E-state index contributed by atoms with van der Waals surface area (Å²) in [6.07, 6.45) is 4.37. The van der Waals surface area contributed by atoms with Gasteiger partial charge in [-0.25, -0.2) is 0 Å². The van der Waals surface area contributed by atoms with Crippen LogP contribution in [0, 0.1) is 5.41 Å². The number of ether oxygens (including phenoxy) is 3. The van der Waals surface area contributed by atoms with Crippen molar-refractivity contribution in [3.63, 3.8) is 0 Å². The van der Waals surface area contributed by atoms with E-state index in [1.165, 1.54) is 0 Å². The maximum absolute atomic E-state index is 12.8. The van der Waals surface area contributed by atoms with Crippen LogP contribution in [-0.2, 0) is 38.4 Å². The highest BCUT2D eigenvalue weighted by atomic mass is 16.5. The van der Waals surface area contributed by atoms with Crippen molar-refractivity contribution in [1.29, 1.82) is 0 Å². The first-order valence-electron chi connectivity index (χ1n) is 10.2. The van der Waals surface area contributed by atoms with Gasteiger partial charge >= 0.3 is 5.97 Å². The molecule has 0 aromatic carbocycles. The fourth-order valence-electron chi connectivity index (χ4n) is 4.05. The van der Waals surface area contributed by atoms with Gasteiger partial charge in [0.25, 0.3) is 5.91 Å². The van der Waals surface area contributed by atoms with Gasteiger partial charge in [-0.05, 0) is 44.4 Å². The number of amides is 1. The summed E-state index contributed by atoms with van der Waals surface area (Å²) in [5.74, 6) is -0.287. The molecule has 28 heavy (non-hydrogen) atoms. The minimum absolute atomic E-state index is 0.0371. The molecule has 0 saturated carbocycles. The molecule has 1 N–H and O–H groups in total. The third kappa shape index (κ3) is 4.72. The van der Waals surface area contributed by atoms with Crippen LogP contribution < -0.4 is 5.32 Å². The predicted molar refractivity (Wildman–Crippen MR) is 102 cm³/mol. The molecular weight excluding hydrogens is 362 g/mol. The molecule has 1 fully saturated rings. The zero-order valence-corrected chi connectivity index (χ0v) is 16.9. The van der Waals surface area contributed by atoms with Crippen molar-refractivity contribution in [3.8, 4) is 0 Å². The maximum atomic E-state index is 12.8. The monoisotopic (exact) mass is 393 g/mol. The van der Waals surface area contributed by atoms with Crippen LogP contribution in [0.2, 0.25) is 0 Å². The molecule has 0 bridgehead atoms. The summed E-state index contributed by atoms with van der Waals surface area (Å²) < 4.78 is 17.5. The van der Waals surface area contributed by atoms with E-state index in [-0.39, 0.29) is 23.7 Å². The van der Waals surface area contributed by atoms with Gasteiger partial charge in [0.1, 0.15) is 5.69 Å². The van der Waals surface area contributed by atoms with Crippen LogP contribution in [0.15, 0.2) is 0 Å². The van der Waals surface area contributed by atoms with Crippen molar-refractivity contribution in [2.75, 3.05) is 40.1 Å². The van der Waals surface area contributed by atoms with E-state index in [9.17, 15) is 9.59 Å². The molecule has 8 heteroatoms. The minimum Gasteiger partial charge on any atom is -0.466 e. The van der Waals surface area contributed by atoms with Crippen molar-refractivity contribution in [2.45, 2.75) is 52.0 Å². The van der Waals surface area contributed by atoms with Gasteiger partial charge in [-0.1, -0.05) is 0 Å². The molecule has 2 aliphatic rings. The number of nitrogens with one attached hydrogen (secondary N) is 1. The van der Waals surface area contributed by atoms with Gasteiger partial charge in [0.15, 0.2) is 0 Å². The van der Waals surface area contributed by atoms with E-state index < -0.39 is 0 Å². The van der Waals surface area contributed by atoms with Crippen molar-refractivity contribution in [2.24, 2.45) is 5.41 Å². The average molecular weight is 393 g/mol. The molecule has 1 spiro atoms. The van der Waals surface area contributed by atoms with E-state index in [0.717, 1.165) is 43.7 Å². The maximum Gasteiger partial charge on any atom is 0.308 e. The molecule has 3 rings (SSSR count). The quantitative estimate of drug-likeness (QED) is 0.532. The van der Waals surface area contributed by atoms with Gasteiger partial charge in [-0.2, -0.15) is 5.10 Å². The summed E-state index contributed by atoms with van der Waals surface area (Å²) in [5, 5.41) is 7.83. The van der Waals surface area contributed by atoms with Crippen LogP contribution in [0.5, 0.6) is 0 Å². The molecule has 0 aliphatic carbocycles. The molecule has 1 saturated heterocycles. The lowest BCUT2D eigenvalue weighted by molar-refractivity contribution is -0.144. The van der Waals surface area contributed by atoms with E-state index in [1.807, 2.05) is 11.6 Å². The molecule has 0 radical (unpaired) electrons. The Bertz CT molecular complexity index is 694. The van der Waals surface area contributed by atoms with Gasteiger partial charge in [0.2, 0.25) is 0 Å². The number of aryl methyl sites for hydroxylation is 2. The van der Waals surface area contributed by atoms with Crippen LogP contribution in [0.25, 0.3) is 0 Å². The number of carbonyl (C=O) groups is 2. The summed E-state index contributed by atoms with van der Waals surface area (Å²) in [7, 11) is 1.56. The van der Waals surface area contributed by atoms with Crippen molar-refractivity contribution in [3.05, 3.63) is 17.0 Å². The van der Waals surface area contributed by atoms with Gasteiger partial charge in [-0.15, -0.1) is 0 Å². The Balaban J connectivity index is 1.70. The van der Waals surface area contributed by atoms with E-state index in [4.69, 9.17) is 19.3 Å². The lowest BCUT2D eigenvalue weighted by atomic mass is 9.75. The Kier molecular flexibility index (Phi) is 7.07. The topological polar surface area (TPSA) is 91.7 Å². The third-order valence-electron chi connectivity index (χ3n) is 5.71. The van der Waals surface area contributed by atoms with Crippen LogP contribution >= 0.6 is 0 Å². The van der Waals surface area contributed by atoms with E-state index in [0.29, 0.717) is 44.8 Å².